The van der Waals surface area contributed by atoms with Crippen molar-refractivity contribution in [2.75, 3.05) is 0 Å². The van der Waals surface area contributed by atoms with E-state index in [2.05, 4.69) is 90.1 Å². The third kappa shape index (κ3) is 4.70. The Morgan fingerprint density at radius 3 is 1.91 bits per heavy atom. The van der Waals surface area contributed by atoms with Crippen LogP contribution in [0.25, 0.3) is 0 Å². The van der Waals surface area contributed by atoms with Crippen LogP contribution >= 0.6 is 0 Å². The molecule has 0 saturated heterocycles. The van der Waals surface area contributed by atoms with Crippen LogP contribution in [-0.4, -0.2) is 0 Å². The van der Waals surface area contributed by atoms with Gasteiger partial charge in [0.15, 0.2) is 0 Å². The molecule has 0 saturated carbocycles. The summed E-state index contributed by atoms with van der Waals surface area (Å²) in [6.45, 7) is 13.8. The van der Waals surface area contributed by atoms with Gasteiger partial charge in [0.1, 0.15) is 0 Å². The van der Waals surface area contributed by atoms with Crippen molar-refractivity contribution in [1.29, 1.82) is 0 Å². The molecule has 0 N–H and O–H groups in total. The number of benzene rings is 2. The number of hydrogen-bond acceptors (Lipinski definition) is 0. The minimum absolute atomic E-state index is 0.213. The smallest absolute Gasteiger partial charge is 0.0100 e. The van der Waals surface area contributed by atoms with Crippen molar-refractivity contribution >= 4 is 0 Å². The number of hydrogen-bond donors (Lipinski definition) is 0. The van der Waals surface area contributed by atoms with E-state index < -0.39 is 0 Å². The van der Waals surface area contributed by atoms with Crippen molar-refractivity contribution < 1.29 is 0 Å². The topological polar surface area (TPSA) is 0 Å². The fraction of sp³-hybridized carbons (Fsp3) is 0.478. The zero-order valence-corrected chi connectivity index (χ0v) is 15.7. The summed E-state index contributed by atoms with van der Waals surface area (Å²) in [7, 11) is 0. The van der Waals surface area contributed by atoms with Gasteiger partial charge in [-0.15, -0.1) is 0 Å². The molecule has 0 nitrogen and oxygen atoms in total. The van der Waals surface area contributed by atoms with Gasteiger partial charge in [-0.3, -0.25) is 0 Å². The molecule has 0 aliphatic rings. The van der Waals surface area contributed by atoms with E-state index in [1.165, 1.54) is 28.7 Å². The lowest BCUT2D eigenvalue weighted by atomic mass is 9.78. The lowest BCUT2D eigenvalue weighted by molar-refractivity contribution is 0.479. The Hall–Kier alpha value is -1.56. The summed E-state index contributed by atoms with van der Waals surface area (Å²) in [4.78, 5) is 0. The standard InChI is InChI=1S/C23H32/c1-17(2)19(4)21-11-13-22(14-12-21)23(5,6)16-15-20-9-7-18(3)8-10-20/h7-14,17,19H,15-16H2,1-6H3. The van der Waals surface area contributed by atoms with Gasteiger partial charge in [-0.05, 0) is 53.7 Å². The maximum absolute atomic E-state index is 2.36. The fourth-order valence-corrected chi connectivity index (χ4v) is 2.98. The molecule has 2 aromatic carbocycles. The average molecular weight is 309 g/mol. The zero-order chi connectivity index (χ0) is 17.0. The second-order valence-corrected chi connectivity index (χ2v) is 8.02. The SMILES string of the molecule is Cc1ccc(CCC(C)(C)c2ccc(C(C)C(C)C)cc2)cc1. The van der Waals surface area contributed by atoms with E-state index in [1.54, 1.807) is 0 Å². The van der Waals surface area contributed by atoms with Crippen LogP contribution in [0.4, 0.5) is 0 Å². The molecule has 0 radical (unpaired) electrons. The first-order valence-corrected chi connectivity index (χ1v) is 8.95. The summed E-state index contributed by atoms with van der Waals surface area (Å²) in [5.41, 5.74) is 5.89. The van der Waals surface area contributed by atoms with Crippen molar-refractivity contribution in [2.24, 2.45) is 5.92 Å². The van der Waals surface area contributed by atoms with Crippen molar-refractivity contribution in [3.05, 3.63) is 70.8 Å². The fourth-order valence-electron chi connectivity index (χ4n) is 2.98. The molecule has 0 bridgehead atoms. The molecule has 0 aromatic heterocycles. The molecule has 2 rings (SSSR count). The Kier molecular flexibility index (Phi) is 5.68. The van der Waals surface area contributed by atoms with Crippen LogP contribution < -0.4 is 0 Å². The minimum Gasteiger partial charge on any atom is -0.0622 e. The van der Waals surface area contributed by atoms with Crippen LogP contribution in [0.2, 0.25) is 0 Å². The molecule has 1 atom stereocenters. The van der Waals surface area contributed by atoms with Gasteiger partial charge in [0.25, 0.3) is 0 Å². The van der Waals surface area contributed by atoms with E-state index in [0.29, 0.717) is 11.8 Å². The molecule has 2 aromatic rings. The second kappa shape index (κ2) is 7.34. The van der Waals surface area contributed by atoms with Gasteiger partial charge in [-0.25, -0.2) is 0 Å². The highest BCUT2D eigenvalue weighted by Crippen LogP contribution is 2.31. The van der Waals surface area contributed by atoms with Crippen LogP contribution in [0.5, 0.6) is 0 Å². The van der Waals surface area contributed by atoms with Crippen molar-refractivity contribution in [3.8, 4) is 0 Å². The summed E-state index contributed by atoms with van der Waals surface area (Å²) in [5, 5.41) is 0. The molecular weight excluding hydrogens is 276 g/mol. The van der Waals surface area contributed by atoms with E-state index in [-0.39, 0.29) is 5.41 Å². The van der Waals surface area contributed by atoms with E-state index in [4.69, 9.17) is 0 Å². The molecule has 0 amide bonds. The molecule has 0 heterocycles. The van der Waals surface area contributed by atoms with Gasteiger partial charge < -0.3 is 0 Å². The van der Waals surface area contributed by atoms with Crippen molar-refractivity contribution in [3.63, 3.8) is 0 Å². The molecule has 0 spiro atoms. The summed E-state index contributed by atoms with van der Waals surface area (Å²) in [6.07, 6.45) is 2.31. The normalized spacial score (nSPS) is 13.3. The third-order valence-corrected chi connectivity index (χ3v) is 5.38. The Morgan fingerprint density at radius 2 is 1.39 bits per heavy atom. The predicted octanol–water partition coefficient (Wildman–Crippen LogP) is 6.66. The summed E-state index contributed by atoms with van der Waals surface area (Å²) < 4.78 is 0. The third-order valence-electron chi connectivity index (χ3n) is 5.38. The molecule has 23 heavy (non-hydrogen) atoms. The first kappa shape index (κ1) is 17.8. The van der Waals surface area contributed by atoms with E-state index in [9.17, 15) is 0 Å². The largest absolute Gasteiger partial charge is 0.0622 e. The maximum atomic E-state index is 2.36. The molecule has 0 aliphatic carbocycles. The Labute approximate surface area is 143 Å². The highest BCUT2D eigenvalue weighted by Gasteiger charge is 2.21. The number of rotatable bonds is 6. The van der Waals surface area contributed by atoms with Crippen LogP contribution in [0.3, 0.4) is 0 Å². The maximum Gasteiger partial charge on any atom is -0.0100 e. The van der Waals surface area contributed by atoms with Crippen molar-refractivity contribution in [2.45, 2.75) is 65.7 Å². The van der Waals surface area contributed by atoms with Gasteiger partial charge in [-0.2, -0.15) is 0 Å². The molecular formula is C23H32. The predicted molar refractivity (Wildman–Crippen MR) is 102 cm³/mol. The minimum atomic E-state index is 0.213. The van der Waals surface area contributed by atoms with Gasteiger partial charge in [0, 0.05) is 0 Å². The lowest BCUT2D eigenvalue weighted by Crippen LogP contribution is -2.18. The van der Waals surface area contributed by atoms with Crippen LogP contribution in [0.1, 0.15) is 69.2 Å². The van der Waals surface area contributed by atoms with E-state index in [0.717, 1.165) is 6.42 Å². The van der Waals surface area contributed by atoms with Gasteiger partial charge >= 0.3 is 0 Å². The quantitative estimate of drug-likeness (QED) is 0.559. The molecule has 0 aliphatic heterocycles. The van der Waals surface area contributed by atoms with Gasteiger partial charge in [0.2, 0.25) is 0 Å². The van der Waals surface area contributed by atoms with Crippen LogP contribution in [-0.2, 0) is 11.8 Å². The molecule has 1 unspecified atom stereocenters. The average Bonchev–Trinajstić information content (AvgIpc) is 2.53. The monoisotopic (exact) mass is 308 g/mol. The Morgan fingerprint density at radius 1 is 0.826 bits per heavy atom. The molecule has 124 valence electrons. The second-order valence-electron chi connectivity index (χ2n) is 8.02. The number of aryl methyl sites for hydroxylation is 2. The lowest BCUT2D eigenvalue weighted by Gasteiger charge is -2.26. The van der Waals surface area contributed by atoms with Gasteiger partial charge in [-0.1, -0.05) is 88.7 Å². The van der Waals surface area contributed by atoms with Crippen molar-refractivity contribution in [1.82, 2.24) is 0 Å². The van der Waals surface area contributed by atoms with Crippen LogP contribution in [0, 0.1) is 12.8 Å². The highest BCUT2D eigenvalue weighted by molar-refractivity contribution is 5.30. The van der Waals surface area contributed by atoms with E-state index in [1.807, 2.05) is 0 Å². The Bertz CT molecular complexity index is 599. The van der Waals surface area contributed by atoms with E-state index >= 15 is 0 Å². The van der Waals surface area contributed by atoms with Crippen LogP contribution in [0.15, 0.2) is 48.5 Å². The Balaban J connectivity index is 2.05. The first-order chi connectivity index (χ1) is 10.8. The van der Waals surface area contributed by atoms with Gasteiger partial charge in [0.05, 0.1) is 0 Å². The summed E-state index contributed by atoms with van der Waals surface area (Å²) in [6, 6.07) is 18.3. The summed E-state index contributed by atoms with van der Waals surface area (Å²) >= 11 is 0. The highest BCUT2D eigenvalue weighted by atomic mass is 14.3. The summed E-state index contributed by atoms with van der Waals surface area (Å²) in [5.74, 6) is 1.31. The molecule has 0 heteroatoms. The first-order valence-electron chi connectivity index (χ1n) is 8.95. The zero-order valence-electron chi connectivity index (χ0n) is 15.7. The molecule has 0 fully saturated rings.